The summed E-state index contributed by atoms with van der Waals surface area (Å²) in [6.45, 7) is 4.20. The van der Waals surface area contributed by atoms with Gasteiger partial charge in [0.1, 0.15) is 5.82 Å². The summed E-state index contributed by atoms with van der Waals surface area (Å²) in [5.41, 5.74) is 1.33. The molecule has 0 aliphatic carbocycles. The van der Waals surface area contributed by atoms with Crippen molar-refractivity contribution in [2.24, 2.45) is 0 Å². The standard InChI is InChI=1S/C13H17N3S/c1-10(2)14-13-15-12(16-17-13)9-8-11-6-4-3-5-7-11/h3-7,10H,8-9H2,1-2H3,(H,14,15,16). The molecular weight excluding hydrogens is 230 g/mol. The van der Waals surface area contributed by atoms with Gasteiger partial charge < -0.3 is 5.32 Å². The third kappa shape index (κ3) is 3.82. The van der Waals surface area contributed by atoms with Gasteiger partial charge in [0.15, 0.2) is 0 Å². The molecule has 1 aromatic carbocycles. The third-order valence-electron chi connectivity index (χ3n) is 2.36. The fraction of sp³-hybridized carbons (Fsp3) is 0.385. The van der Waals surface area contributed by atoms with Gasteiger partial charge in [0, 0.05) is 24.0 Å². The van der Waals surface area contributed by atoms with Crippen molar-refractivity contribution >= 4 is 16.7 Å². The molecule has 90 valence electrons. The quantitative estimate of drug-likeness (QED) is 0.882. The number of rotatable bonds is 5. The third-order valence-corrected chi connectivity index (χ3v) is 3.04. The van der Waals surface area contributed by atoms with Crippen molar-refractivity contribution in [3.63, 3.8) is 0 Å². The summed E-state index contributed by atoms with van der Waals surface area (Å²) in [5, 5.41) is 4.19. The zero-order valence-electron chi connectivity index (χ0n) is 10.2. The van der Waals surface area contributed by atoms with Crippen LogP contribution in [0, 0.1) is 0 Å². The molecule has 1 N–H and O–H groups in total. The van der Waals surface area contributed by atoms with E-state index in [1.165, 1.54) is 17.1 Å². The van der Waals surface area contributed by atoms with Crippen molar-refractivity contribution in [1.82, 2.24) is 9.36 Å². The molecule has 0 saturated heterocycles. The number of nitrogens with zero attached hydrogens (tertiary/aromatic N) is 2. The minimum Gasteiger partial charge on any atom is -0.358 e. The molecular formula is C13H17N3S. The SMILES string of the molecule is CC(C)Nc1nc(CCc2ccccc2)ns1. The van der Waals surface area contributed by atoms with E-state index in [0.717, 1.165) is 23.8 Å². The zero-order valence-corrected chi connectivity index (χ0v) is 11.0. The highest BCUT2D eigenvalue weighted by atomic mass is 32.1. The smallest absolute Gasteiger partial charge is 0.202 e. The molecule has 0 fully saturated rings. The minimum absolute atomic E-state index is 0.407. The topological polar surface area (TPSA) is 37.8 Å². The molecule has 0 atom stereocenters. The summed E-state index contributed by atoms with van der Waals surface area (Å²) in [4.78, 5) is 4.46. The lowest BCUT2D eigenvalue weighted by atomic mass is 10.1. The van der Waals surface area contributed by atoms with Gasteiger partial charge in [0.05, 0.1) is 0 Å². The van der Waals surface area contributed by atoms with Gasteiger partial charge in [-0.15, -0.1) is 0 Å². The molecule has 1 heterocycles. The Balaban J connectivity index is 1.89. The number of nitrogens with one attached hydrogen (secondary N) is 1. The molecule has 1 aromatic heterocycles. The Morgan fingerprint density at radius 1 is 1.18 bits per heavy atom. The first-order valence-corrected chi connectivity index (χ1v) is 6.64. The number of anilines is 1. The van der Waals surface area contributed by atoms with Gasteiger partial charge in [-0.25, -0.2) is 4.98 Å². The fourth-order valence-electron chi connectivity index (χ4n) is 1.56. The molecule has 0 unspecified atom stereocenters. The first-order valence-electron chi connectivity index (χ1n) is 5.87. The highest BCUT2D eigenvalue weighted by molar-refractivity contribution is 7.09. The summed E-state index contributed by atoms with van der Waals surface area (Å²) in [6.07, 6.45) is 1.90. The van der Waals surface area contributed by atoms with Crippen LogP contribution in [-0.4, -0.2) is 15.4 Å². The normalized spacial score (nSPS) is 10.8. The largest absolute Gasteiger partial charge is 0.358 e. The van der Waals surface area contributed by atoms with E-state index in [9.17, 15) is 0 Å². The van der Waals surface area contributed by atoms with Crippen LogP contribution in [0.25, 0.3) is 0 Å². The second-order valence-corrected chi connectivity index (χ2v) is 5.05. The van der Waals surface area contributed by atoms with Crippen LogP contribution < -0.4 is 5.32 Å². The summed E-state index contributed by atoms with van der Waals surface area (Å²) in [7, 11) is 0. The Morgan fingerprint density at radius 2 is 1.94 bits per heavy atom. The molecule has 2 rings (SSSR count). The summed E-state index contributed by atoms with van der Waals surface area (Å²) < 4.78 is 4.35. The van der Waals surface area contributed by atoms with E-state index in [2.05, 4.69) is 52.8 Å². The average molecular weight is 247 g/mol. The summed E-state index contributed by atoms with van der Waals surface area (Å²) in [5.74, 6) is 0.932. The van der Waals surface area contributed by atoms with E-state index < -0.39 is 0 Å². The maximum atomic E-state index is 4.46. The molecule has 0 spiro atoms. The van der Waals surface area contributed by atoms with E-state index >= 15 is 0 Å². The van der Waals surface area contributed by atoms with Gasteiger partial charge in [-0.1, -0.05) is 30.3 Å². The molecule has 4 heteroatoms. The zero-order chi connectivity index (χ0) is 12.1. The molecule has 0 aliphatic rings. The lowest BCUT2D eigenvalue weighted by Gasteiger charge is -2.03. The van der Waals surface area contributed by atoms with E-state index in [-0.39, 0.29) is 0 Å². The Hall–Kier alpha value is -1.42. The van der Waals surface area contributed by atoms with Crippen LogP contribution in [0.5, 0.6) is 0 Å². The summed E-state index contributed by atoms with van der Waals surface area (Å²) in [6, 6.07) is 10.9. The number of aromatic nitrogens is 2. The van der Waals surface area contributed by atoms with E-state index in [4.69, 9.17) is 0 Å². The van der Waals surface area contributed by atoms with Crippen molar-refractivity contribution in [2.45, 2.75) is 32.7 Å². The molecule has 3 nitrogen and oxygen atoms in total. The molecule has 0 bridgehead atoms. The lowest BCUT2D eigenvalue weighted by molar-refractivity contribution is 0.870. The Kier molecular flexibility index (Phi) is 4.09. The van der Waals surface area contributed by atoms with Crippen LogP contribution in [0.3, 0.4) is 0 Å². The number of aryl methyl sites for hydroxylation is 2. The van der Waals surface area contributed by atoms with Gasteiger partial charge >= 0.3 is 0 Å². The summed E-state index contributed by atoms with van der Waals surface area (Å²) >= 11 is 1.44. The van der Waals surface area contributed by atoms with Crippen LogP contribution in [-0.2, 0) is 12.8 Å². The van der Waals surface area contributed by atoms with Crippen molar-refractivity contribution in [1.29, 1.82) is 0 Å². The van der Waals surface area contributed by atoms with Gasteiger partial charge in [0.25, 0.3) is 0 Å². The Morgan fingerprint density at radius 3 is 2.65 bits per heavy atom. The fourth-order valence-corrected chi connectivity index (χ4v) is 2.32. The van der Waals surface area contributed by atoms with Crippen molar-refractivity contribution in [2.75, 3.05) is 5.32 Å². The van der Waals surface area contributed by atoms with Crippen LogP contribution in [0.4, 0.5) is 5.13 Å². The maximum Gasteiger partial charge on any atom is 0.202 e. The number of benzene rings is 1. The number of hydrogen-bond acceptors (Lipinski definition) is 4. The van der Waals surface area contributed by atoms with Crippen LogP contribution in [0.1, 0.15) is 25.2 Å². The first kappa shape index (κ1) is 12.0. The number of hydrogen-bond donors (Lipinski definition) is 1. The average Bonchev–Trinajstić information content (AvgIpc) is 2.75. The molecule has 17 heavy (non-hydrogen) atoms. The van der Waals surface area contributed by atoms with Crippen LogP contribution in [0.2, 0.25) is 0 Å². The first-order chi connectivity index (χ1) is 8.24. The monoisotopic (exact) mass is 247 g/mol. The highest BCUT2D eigenvalue weighted by Crippen LogP contribution is 2.13. The molecule has 0 aliphatic heterocycles. The molecule has 0 saturated carbocycles. The van der Waals surface area contributed by atoms with Crippen LogP contribution in [0.15, 0.2) is 30.3 Å². The highest BCUT2D eigenvalue weighted by Gasteiger charge is 2.04. The maximum absolute atomic E-state index is 4.46. The van der Waals surface area contributed by atoms with E-state index in [1.54, 1.807) is 0 Å². The molecule has 0 radical (unpaired) electrons. The van der Waals surface area contributed by atoms with Crippen molar-refractivity contribution in [3.8, 4) is 0 Å². The molecule has 2 aromatic rings. The second kappa shape index (κ2) is 5.77. The van der Waals surface area contributed by atoms with Gasteiger partial charge in [-0.2, -0.15) is 4.37 Å². The lowest BCUT2D eigenvalue weighted by Crippen LogP contribution is -2.09. The van der Waals surface area contributed by atoms with E-state index in [1.807, 2.05) is 6.07 Å². The van der Waals surface area contributed by atoms with E-state index in [0.29, 0.717) is 6.04 Å². The Labute approximate surface area is 106 Å². The van der Waals surface area contributed by atoms with Crippen LogP contribution >= 0.6 is 11.5 Å². The molecule has 0 amide bonds. The van der Waals surface area contributed by atoms with Crippen molar-refractivity contribution in [3.05, 3.63) is 41.7 Å². The predicted molar refractivity (Wildman–Crippen MR) is 72.5 cm³/mol. The second-order valence-electron chi connectivity index (χ2n) is 4.30. The van der Waals surface area contributed by atoms with Gasteiger partial charge in [-0.3, -0.25) is 0 Å². The van der Waals surface area contributed by atoms with Gasteiger partial charge in [0.2, 0.25) is 5.13 Å². The van der Waals surface area contributed by atoms with Crippen molar-refractivity contribution < 1.29 is 0 Å². The minimum atomic E-state index is 0.407. The predicted octanol–water partition coefficient (Wildman–Crippen LogP) is 3.14. The van der Waals surface area contributed by atoms with Gasteiger partial charge in [-0.05, 0) is 25.8 Å². The Bertz CT molecular complexity index is 451.